The molecule has 0 aliphatic carbocycles. The standard InChI is InChI=1S/C12H20NO3.BH2O3.2Na.2H/c14-9-6-13(7-10-15,8-11-16)12-4-2-1-3-5-12;2-1(3)4;;;;/h1-5,14-16H,6-11H2;2-3H;;;;/q+1;-1;2*+1;2*-1. The third-order valence-electron chi connectivity index (χ3n) is 2.89. The van der Waals surface area contributed by atoms with Crippen LogP contribution in [0.25, 0.3) is 0 Å². The maximum absolute atomic E-state index is 9.14. The molecule has 0 fully saturated rings. The molecule has 5 N–H and O–H groups in total. The van der Waals surface area contributed by atoms with Gasteiger partial charge in [-0.1, -0.05) is 18.2 Å². The van der Waals surface area contributed by atoms with E-state index in [2.05, 4.69) is 0 Å². The van der Waals surface area contributed by atoms with Crippen LogP contribution in [0.2, 0.25) is 0 Å². The van der Waals surface area contributed by atoms with Crippen LogP contribution in [0.3, 0.4) is 0 Å². The number of benzene rings is 1. The summed E-state index contributed by atoms with van der Waals surface area (Å²) in [5.74, 6) is 0. The first kappa shape index (κ1) is 27.8. The number of hydrogen-bond acceptors (Lipinski definition) is 6. The largest absolute Gasteiger partial charge is 1.00 e. The molecule has 0 amide bonds. The molecule has 0 aliphatic heterocycles. The van der Waals surface area contributed by atoms with Crippen LogP contribution in [-0.4, -0.2) is 72.1 Å². The van der Waals surface area contributed by atoms with Gasteiger partial charge in [-0.2, -0.15) is 0 Å². The average Bonchev–Trinajstić information content (AvgIpc) is 2.40. The number of hydrogen-bond donors (Lipinski definition) is 5. The van der Waals surface area contributed by atoms with E-state index in [9.17, 15) is 0 Å². The smallest absolute Gasteiger partial charge is 1.00 e. The van der Waals surface area contributed by atoms with Gasteiger partial charge in [0.2, 0.25) is 0 Å². The molecule has 0 saturated carbocycles. The molecular formula is C12H24BNNa2O6. The van der Waals surface area contributed by atoms with Crippen LogP contribution >= 0.6 is 0 Å². The average molecular weight is 335 g/mol. The van der Waals surface area contributed by atoms with E-state index in [-0.39, 0.29) is 81.8 Å². The van der Waals surface area contributed by atoms with Gasteiger partial charge >= 0.3 is 66.4 Å². The molecule has 118 valence electrons. The second-order valence-electron chi connectivity index (χ2n) is 4.15. The molecular weight excluding hydrogens is 311 g/mol. The normalized spacial score (nSPS) is 9.73. The Hall–Kier alpha value is 1.00. The third kappa shape index (κ3) is 11.5. The number of aliphatic hydroxyl groups is 3. The van der Waals surface area contributed by atoms with Crippen molar-refractivity contribution in [3.05, 3.63) is 30.3 Å². The SMILES string of the molecule is OCC[N+](CCO)(CCO)c1ccccc1.[H-].[H-].[Na+].[Na+].[O-]B(O)O. The minimum Gasteiger partial charge on any atom is -1.00 e. The van der Waals surface area contributed by atoms with Crippen molar-refractivity contribution in [2.75, 3.05) is 39.5 Å². The van der Waals surface area contributed by atoms with Crippen molar-refractivity contribution >= 4 is 13.0 Å². The molecule has 0 aromatic heterocycles. The van der Waals surface area contributed by atoms with E-state index < -0.39 is 7.32 Å². The van der Waals surface area contributed by atoms with Crippen LogP contribution in [-0.2, 0) is 0 Å². The van der Waals surface area contributed by atoms with Gasteiger partial charge in [0.15, 0.2) is 0 Å². The molecule has 0 unspecified atom stereocenters. The number of rotatable bonds is 7. The summed E-state index contributed by atoms with van der Waals surface area (Å²) < 4.78 is 0.421. The van der Waals surface area contributed by atoms with Crippen molar-refractivity contribution in [3.63, 3.8) is 0 Å². The summed E-state index contributed by atoms with van der Waals surface area (Å²) >= 11 is 0. The zero-order valence-corrected chi connectivity index (χ0v) is 17.3. The molecule has 22 heavy (non-hydrogen) atoms. The molecule has 0 heterocycles. The fraction of sp³-hybridized carbons (Fsp3) is 0.500. The van der Waals surface area contributed by atoms with Crippen LogP contribution < -0.4 is 68.6 Å². The van der Waals surface area contributed by atoms with Crippen LogP contribution in [0, 0.1) is 0 Å². The minimum absolute atomic E-state index is 0. The van der Waals surface area contributed by atoms with E-state index in [4.69, 9.17) is 30.4 Å². The number of nitrogens with zero attached hydrogens (tertiary/aromatic N) is 1. The topological polar surface area (TPSA) is 124 Å². The van der Waals surface area contributed by atoms with E-state index in [0.717, 1.165) is 5.69 Å². The summed E-state index contributed by atoms with van der Waals surface area (Å²) in [7, 11) is -2.42. The second-order valence-corrected chi connectivity index (χ2v) is 4.15. The van der Waals surface area contributed by atoms with Crippen molar-refractivity contribution in [2.45, 2.75) is 0 Å². The Morgan fingerprint density at radius 2 is 1.18 bits per heavy atom. The number of aliphatic hydroxyl groups excluding tert-OH is 3. The van der Waals surface area contributed by atoms with Gasteiger partial charge in [0.05, 0.1) is 19.8 Å². The molecule has 0 saturated heterocycles. The Bertz CT molecular complexity index is 338. The first-order chi connectivity index (χ1) is 9.52. The minimum atomic E-state index is -2.42. The van der Waals surface area contributed by atoms with Gasteiger partial charge in [-0.05, 0) is 12.1 Å². The van der Waals surface area contributed by atoms with Gasteiger partial charge < -0.3 is 33.2 Å². The molecule has 7 nitrogen and oxygen atoms in total. The van der Waals surface area contributed by atoms with Crippen LogP contribution in [0.4, 0.5) is 5.69 Å². The van der Waals surface area contributed by atoms with Crippen LogP contribution in [0.1, 0.15) is 2.85 Å². The molecule has 10 heteroatoms. The van der Waals surface area contributed by atoms with Crippen molar-refractivity contribution in [1.29, 1.82) is 0 Å². The molecule has 0 aliphatic rings. The van der Waals surface area contributed by atoms with Crippen molar-refractivity contribution in [1.82, 2.24) is 4.48 Å². The predicted molar refractivity (Wildman–Crippen MR) is 76.5 cm³/mol. The Kier molecular flexibility index (Phi) is 21.3. The van der Waals surface area contributed by atoms with Gasteiger partial charge in [0.1, 0.15) is 25.3 Å². The zero-order chi connectivity index (χ0) is 15.4. The van der Waals surface area contributed by atoms with Crippen molar-refractivity contribution in [2.24, 2.45) is 0 Å². The first-order valence-electron chi connectivity index (χ1n) is 6.28. The quantitative estimate of drug-likeness (QED) is 0.249. The molecule has 0 spiro atoms. The van der Waals surface area contributed by atoms with E-state index in [1.165, 1.54) is 0 Å². The van der Waals surface area contributed by atoms with Crippen molar-refractivity contribution in [3.8, 4) is 0 Å². The van der Waals surface area contributed by atoms with E-state index in [1.54, 1.807) is 0 Å². The Morgan fingerprint density at radius 1 is 0.864 bits per heavy atom. The number of quaternary nitrogens is 1. The Balaban J connectivity index is -0.000000136. The molecule has 1 rings (SSSR count). The molecule has 0 atom stereocenters. The van der Waals surface area contributed by atoms with Crippen LogP contribution in [0.5, 0.6) is 0 Å². The Morgan fingerprint density at radius 3 is 1.45 bits per heavy atom. The monoisotopic (exact) mass is 335 g/mol. The number of para-hydroxylation sites is 1. The predicted octanol–water partition coefficient (Wildman–Crippen LogP) is -8.48. The van der Waals surface area contributed by atoms with Gasteiger partial charge in [-0.3, -0.25) is 4.48 Å². The molecule has 1 aromatic carbocycles. The zero-order valence-electron chi connectivity index (χ0n) is 15.3. The maximum Gasteiger partial charge on any atom is 1.00 e. The summed E-state index contributed by atoms with van der Waals surface area (Å²) in [6.45, 7) is 1.63. The summed E-state index contributed by atoms with van der Waals surface area (Å²) in [4.78, 5) is 0. The molecule has 1 aromatic rings. The van der Waals surface area contributed by atoms with Gasteiger partial charge in [-0.15, -0.1) is 0 Å². The molecule has 0 bridgehead atoms. The van der Waals surface area contributed by atoms with Gasteiger partial charge in [-0.25, -0.2) is 0 Å². The third-order valence-corrected chi connectivity index (χ3v) is 2.89. The summed E-state index contributed by atoms with van der Waals surface area (Å²) in [6, 6.07) is 9.69. The second kappa shape index (κ2) is 16.8. The van der Waals surface area contributed by atoms with Crippen molar-refractivity contribution < 1.29 is 92.4 Å². The van der Waals surface area contributed by atoms with Crippen LogP contribution in [0.15, 0.2) is 30.3 Å². The fourth-order valence-electron chi connectivity index (χ4n) is 2.04. The van der Waals surface area contributed by atoms with E-state index >= 15 is 0 Å². The van der Waals surface area contributed by atoms with Gasteiger partial charge in [0.25, 0.3) is 0 Å². The molecule has 0 radical (unpaired) electrons. The summed E-state index contributed by atoms with van der Waals surface area (Å²) in [5.41, 5.74) is 1.01. The summed E-state index contributed by atoms with van der Waals surface area (Å²) in [5, 5.41) is 50.2. The fourth-order valence-corrected chi connectivity index (χ4v) is 2.04. The van der Waals surface area contributed by atoms with E-state index in [0.29, 0.717) is 24.1 Å². The van der Waals surface area contributed by atoms with E-state index in [1.807, 2.05) is 30.3 Å². The Labute approximate surface area is 178 Å². The maximum atomic E-state index is 9.14. The summed E-state index contributed by atoms with van der Waals surface area (Å²) in [6.07, 6.45) is 0. The first-order valence-corrected chi connectivity index (χ1v) is 6.28. The van der Waals surface area contributed by atoms with Gasteiger partial charge in [0, 0.05) is 0 Å².